The summed E-state index contributed by atoms with van der Waals surface area (Å²) in [4.78, 5) is 26.8. The van der Waals surface area contributed by atoms with E-state index in [0.717, 1.165) is 35.7 Å². The summed E-state index contributed by atoms with van der Waals surface area (Å²) in [6.07, 6.45) is 2.11. The minimum absolute atomic E-state index is 0.0767. The molecule has 1 fully saturated rings. The number of hydrogen-bond donors (Lipinski definition) is 0. The molecule has 126 valence electrons. The number of methoxy groups -OCH3 is 1. The third-order valence-electron chi connectivity index (χ3n) is 4.70. The van der Waals surface area contributed by atoms with E-state index in [1.54, 1.807) is 7.11 Å². The predicted molar refractivity (Wildman–Crippen MR) is 94.1 cm³/mol. The fraction of sp³-hybridized carbons (Fsp3) is 0.400. The zero-order valence-corrected chi connectivity index (χ0v) is 14.0. The second-order valence-electron chi connectivity index (χ2n) is 6.35. The average Bonchev–Trinajstić information content (AvgIpc) is 2.65. The highest BCUT2D eigenvalue weighted by Gasteiger charge is 2.28. The second kappa shape index (κ2) is 7.58. The molecule has 2 aromatic rings. The number of nitrogens with zero attached hydrogens (tertiary/aromatic N) is 1. The molecule has 1 saturated heterocycles. The first-order valence-electron chi connectivity index (χ1n) is 8.49. The number of ether oxygens (including phenoxy) is 1. The number of Topliss-reactive ketones (excluding diaryl/α,β-unsaturated/α-hetero) is 1. The van der Waals surface area contributed by atoms with Crippen LogP contribution < -0.4 is 0 Å². The molecular formula is C20H23NO3. The van der Waals surface area contributed by atoms with E-state index >= 15 is 0 Å². The van der Waals surface area contributed by atoms with Crippen molar-refractivity contribution < 1.29 is 14.3 Å². The van der Waals surface area contributed by atoms with Gasteiger partial charge in [-0.2, -0.15) is 0 Å². The summed E-state index contributed by atoms with van der Waals surface area (Å²) >= 11 is 0. The smallest absolute Gasteiger partial charge is 0.224 e. The standard InChI is InChI=1S/C20H23NO3/c1-24-12-10-19(22)21-11-4-7-18(14-21)20(23)17-9-8-15-5-2-3-6-16(15)13-17/h2-3,5-6,8-9,13,18H,4,7,10-12,14H2,1H3. The predicted octanol–water partition coefficient (Wildman–Crippen LogP) is 3.30. The molecule has 4 nitrogen and oxygen atoms in total. The van der Waals surface area contributed by atoms with E-state index < -0.39 is 0 Å². The minimum atomic E-state index is -0.105. The third-order valence-corrected chi connectivity index (χ3v) is 4.70. The molecule has 0 bridgehead atoms. The van der Waals surface area contributed by atoms with Crippen molar-refractivity contribution in [2.24, 2.45) is 5.92 Å². The van der Waals surface area contributed by atoms with Gasteiger partial charge in [0.2, 0.25) is 5.91 Å². The quantitative estimate of drug-likeness (QED) is 0.793. The summed E-state index contributed by atoms with van der Waals surface area (Å²) in [5, 5.41) is 2.21. The molecule has 4 heteroatoms. The van der Waals surface area contributed by atoms with Gasteiger partial charge in [-0.3, -0.25) is 9.59 Å². The van der Waals surface area contributed by atoms with Crippen LogP contribution in [0, 0.1) is 5.92 Å². The van der Waals surface area contributed by atoms with Crippen LogP contribution in [0.25, 0.3) is 10.8 Å². The van der Waals surface area contributed by atoms with Crippen LogP contribution in [0.4, 0.5) is 0 Å². The molecule has 3 rings (SSSR count). The molecule has 0 radical (unpaired) electrons. The molecule has 1 aliphatic rings. The molecule has 0 N–H and O–H groups in total. The Hall–Kier alpha value is -2.20. The van der Waals surface area contributed by atoms with E-state index in [2.05, 4.69) is 0 Å². The Morgan fingerprint density at radius 1 is 1.17 bits per heavy atom. The molecular weight excluding hydrogens is 302 g/mol. The zero-order chi connectivity index (χ0) is 16.9. The Morgan fingerprint density at radius 3 is 2.75 bits per heavy atom. The van der Waals surface area contributed by atoms with E-state index in [0.29, 0.717) is 19.6 Å². The van der Waals surface area contributed by atoms with E-state index in [-0.39, 0.29) is 17.6 Å². The van der Waals surface area contributed by atoms with E-state index in [9.17, 15) is 9.59 Å². The Labute approximate surface area is 142 Å². The van der Waals surface area contributed by atoms with Crippen molar-refractivity contribution in [3.05, 3.63) is 48.0 Å². The van der Waals surface area contributed by atoms with Crippen LogP contribution in [0.1, 0.15) is 29.6 Å². The topological polar surface area (TPSA) is 46.6 Å². The molecule has 0 saturated carbocycles. The fourth-order valence-corrected chi connectivity index (χ4v) is 3.34. The van der Waals surface area contributed by atoms with Gasteiger partial charge in [0.25, 0.3) is 0 Å². The summed E-state index contributed by atoms with van der Waals surface area (Å²) < 4.78 is 4.97. The monoisotopic (exact) mass is 325 g/mol. The van der Waals surface area contributed by atoms with Gasteiger partial charge in [-0.1, -0.05) is 36.4 Å². The molecule has 0 aliphatic carbocycles. The Kier molecular flexibility index (Phi) is 5.26. The van der Waals surface area contributed by atoms with Crippen LogP contribution in [0.15, 0.2) is 42.5 Å². The third kappa shape index (κ3) is 3.65. The van der Waals surface area contributed by atoms with Crippen molar-refractivity contribution in [1.29, 1.82) is 0 Å². The summed E-state index contributed by atoms with van der Waals surface area (Å²) in [6, 6.07) is 13.9. The van der Waals surface area contributed by atoms with Gasteiger partial charge in [0.1, 0.15) is 0 Å². The van der Waals surface area contributed by atoms with Gasteiger partial charge < -0.3 is 9.64 Å². The highest BCUT2D eigenvalue weighted by Crippen LogP contribution is 2.24. The number of fused-ring (bicyclic) bond motifs is 1. The lowest BCUT2D eigenvalue weighted by Crippen LogP contribution is -2.42. The number of carbonyl (C=O) groups is 2. The lowest BCUT2D eigenvalue weighted by atomic mass is 9.89. The Balaban J connectivity index is 1.72. The lowest BCUT2D eigenvalue weighted by molar-refractivity contribution is -0.133. The summed E-state index contributed by atoms with van der Waals surface area (Å²) in [5.41, 5.74) is 0.741. The van der Waals surface area contributed by atoms with Crippen molar-refractivity contribution in [2.45, 2.75) is 19.3 Å². The van der Waals surface area contributed by atoms with Gasteiger partial charge in [-0.05, 0) is 29.7 Å². The van der Waals surface area contributed by atoms with Crippen LogP contribution >= 0.6 is 0 Å². The van der Waals surface area contributed by atoms with E-state index in [4.69, 9.17) is 4.74 Å². The first-order chi connectivity index (χ1) is 11.7. The maximum absolute atomic E-state index is 12.9. The molecule has 1 atom stereocenters. The average molecular weight is 325 g/mol. The highest BCUT2D eigenvalue weighted by molar-refractivity contribution is 6.01. The number of benzene rings is 2. The Morgan fingerprint density at radius 2 is 1.96 bits per heavy atom. The SMILES string of the molecule is COCCC(=O)N1CCCC(C(=O)c2ccc3ccccc3c2)C1. The fourth-order valence-electron chi connectivity index (χ4n) is 3.34. The van der Waals surface area contributed by atoms with Crippen molar-refractivity contribution in [3.8, 4) is 0 Å². The number of amides is 1. The van der Waals surface area contributed by atoms with Gasteiger partial charge in [0.05, 0.1) is 13.0 Å². The number of carbonyl (C=O) groups excluding carboxylic acids is 2. The lowest BCUT2D eigenvalue weighted by Gasteiger charge is -2.32. The molecule has 0 aromatic heterocycles. The van der Waals surface area contributed by atoms with Crippen LogP contribution in [-0.2, 0) is 9.53 Å². The molecule has 0 spiro atoms. The largest absolute Gasteiger partial charge is 0.384 e. The number of hydrogen-bond acceptors (Lipinski definition) is 3. The van der Waals surface area contributed by atoms with Crippen molar-refractivity contribution >= 4 is 22.5 Å². The van der Waals surface area contributed by atoms with Crippen LogP contribution in [-0.4, -0.2) is 43.4 Å². The number of ketones is 1. The van der Waals surface area contributed by atoms with Crippen LogP contribution in [0.2, 0.25) is 0 Å². The van der Waals surface area contributed by atoms with E-state index in [1.165, 1.54) is 0 Å². The second-order valence-corrected chi connectivity index (χ2v) is 6.35. The Bertz CT molecular complexity index is 740. The molecule has 1 heterocycles. The summed E-state index contributed by atoms with van der Waals surface area (Å²) in [5.74, 6) is 0.115. The molecule has 2 aromatic carbocycles. The minimum Gasteiger partial charge on any atom is -0.384 e. The first kappa shape index (κ1) is 16.7. The van der Waals surface area contributed by atoms with Gasteiger partial charge in [0, 0.05) is 31.7 Å². The van der Waals surface area contributed by atoms with Crippen molar-refractivity contribution in [3.63, 3.8) is 0 Å². The normalized spacial score (nSPS) is 17.9. The zero-order valence-electron chi connectivity index (χ0n) is 14.0. The van der Waals surface area contributed by atoms with Crippen LogP contribution in [0.3, 0.4) is 0 Å². The van der Waals surface area contributed by atoms with Gasteiger partial charge >= 0.3 is 0 Å². The first-order valence-corrected chi connectivity index (χ1v) is 8.49. The highest BCUT2D eigenvalue weighted by atomic mass is 16.5. The van der Waals surface area contributed by atoms with Crippen LogP contribution in [0.5, 0.6) is 0 Å². The van der Waals surface area contributed by atoms with Gasteiger partial charge in [0.15, 0.2) is 5.78 Å². The maximum atomic E-state index is 12.9. The molecule has 24 heavy (non-hydrogen) atoms. The number of piperidine rings is 1. The summed E-state index contributed by atoms with van der Waals surface area (Å²) in [7, 11) is 1.59. The number of rotatable bonds is 5. The van der Waals surface area contributed by atoms with Gasteiger partial charge in [-0.25, -0.2) is 0 Å². The van der Waals surface area contributed by atoms with Crippen molar-refractivity contribution in [1.82, 2.24) is 4.90 Å². The van der Waals surface area contributed by atoms with Crippen molar-refractivity contribution in [2.75, 3.05) is 26.8 Å². The number of likely N-dealkylation sites (tertiary alicyclic amines) is 1. The maximum Gasteiger partial charge on any atom is 0.224 e. The molecule has 1 amide bonds. The summed E-state index contributed by atoms with van der Waals surface area (Å²) in [6.45, 7) is 1.69. The molecule has 1 unspecified atom stereocenters. The van der Waals surface area contributed by atoms with Gasteiger partial charge in [-0.15, -0.1) is 0 Å². The molecule has 1 aliphatic heterocycles. The van der Waals surface area contributed by atoms with E-state index in [1.807, 2.05) is 47.4 Å².